The summed E-state index contributed by atoms with van der Waals surface area (Å²) in [4.78, 5) is 44.2. The fourth-order valence-corrected chi connectivity index (χ4v) is 2.89. The minimum atomic E-state index is -0.890. The highest BCUT2D eigenvalue weighted by Crippen LogP contribution is 2.36. The Bertz CT molecular complexity index is 491. The van der Waals surface area contributed by atoms with Crippen molar-refractivity contribution in [2.45, 2.75) is 46.5 Å². The first-order chi connectivity index (χ1) is 12.4. The normalized spacial score (nSPS) is 26.1. The van der Waals surface area contributed by atoms with E-state index in [-0.39, 0.29) is 29.7 Å². The van der Waals surface area contributed by atoms with Crippen molar-refractivity contribution in [3.63, 3.8) is 0 Å². The van der Waals surface area contributed by atoms with Crippen LogP contribution in [-0.2, 0) is 33.4 Å². The SMILES string of the molecule is CCOC(=O)[C@@H]1CC[C@H]1C(=O)O.CCOC(=O)[C@@H]1CC[C@H]1C(=O)OCC. The monoisotopic (exact) mass is 372 g/mol. The Morgan fingerprint density at radius 2 is 0.923 bits per heavy atom. The van der Waals surface area contributed by atoms with Gasteiger partial charge in [-0.2, -0.15) is 0 Å². The van der Waals surface area contributed by atoms with Crippen LogP contribution in [0.4, 0.5) is 0 Å². The standard InChI is InChI=1S/C10H16O4.C8H12O4/c1-3-13-9(11)7-5-6-8(7)10(12)14-4-2;1-2-12-8(11)6-4-3-5(6)7(9)10/h7-8H,3-6H2,1-2H3;5-6H,2-4H2,1H3,(H,9,10)/t7-,8-;5-,6-/m11/s1. The summed E-state index contributed by atoms with van der Waals surface area (Å²) >= 11 is 0. The first-order valence-electron chi connectivity index (χ1n) is 9.09. The summed E-state index contributed by atoms with van der Waals surface area (Å²) in [6, 6.07) is 0. The van der Waals surface area contributed by atoms with E-state index in [9.17, 15) is 19.2 Å². The van der Waals surface area contributed by atoms with Gasteiger partial charge in [0, 0.05) is 0 Å². The topological polar surface area (TPSA) is 116 Å². The van der Waals surface area contributed by atoms with Gasteiger partial charge in [0.05, 0.1) is 43.5 Å². The Balaban J connectivity index is 0.000000263. The molecule has 0 bridgehead atoms. The summed E-state index contributed by atoms with van der Waals surface area (Å²) in [6.07, 6.45) is 2.72. The Kier molecular flexibility index (Phi) is 9.09. The van der Waals surface area contributed by atoms with Crippen LogP contribution in [0.25, 0.3) is 0 Å². The molecule has 1 N–H and O–H groups in total. The van der Waals surface area contributed by atoms with Crippen molar-refractivity contribution in [1.82, 2.24) is 0 Å². The van der Waals surface area contributed by atoms with E-state index in [1.54, 1.807) is 20.8 Å². The van der Waals surface area contributed by atoms with Crippen molar-refractivity contribution in [3.8, 4) is 0 Å². The van der Waals surface area contributed by atoms with E-state index in [2.05, 4.69) is 0 Å². The first-order valence-corrected chi connectivity index (χ1v) is 9.09. The van der Waals surface area contributed by atoms with E-state index in [4.69, 9.17) is 19.3 Å². The molecule has 0 unspecified atom stereocenters. The molecule has 0 aliphatic heterocycles. The second kappa shape index (κ2) is 10.8. The first kappa shape index (κ1) is 21.9. The second-order valence-corrected chi connectivity index (χ2v) is 6.18. The van der Waals surface area contributed by atoms with E-state index in [0.717, 1.165) is 12.8 Å². The van der Waals surface area contributed by atoms with Crippen molar-refractivity contribution in [2.75, 3.05) is 19.8 Å². The van der Waals surface area contributed by atoms with Gasteiger partial charge in [-0.1, -0.05) is 0 Å². The van der Waals surface area contributed by atoms with E-state index in [0.29, 0.717) is 32.7 Å². The molecule has 0 heterocycles. The minimum absolute atomic E-state index is 0.267. The molecule has 0 aromatic heterocycles. The molecule has 0 aromatic carbocycles. The Morgan fingerprint density at radius 3 is 1.12 bits per heavy atom. The van der Waals surface area contributed by atoms with Crippen molar-refractivity contribution in [3.05, 3.63) is 0 Å². The van der Waals surface area contributed by atoms with E-state index in [1.807, 2.05) is 0 Å². The van der Waals surface area contributed by atoms with Gasteiger partial charge in [-0.15, -0.1) is 0 Å². The number of carbonyl (C=O) groups is 4. The molecule has 0 spiro atoms. The van der Waals surface area contributed by atoms with Gasteiger partial charge < -0.3 is 19.3 Å². The number of aliphatic carboxylic acids is 1. The number of carbonyl (C=O) groups excluding carboxylic acids is 3. The number of hydrogen-bond acceptors (Lipinski definition) is 7. The zero-order valence-electron chi connectivity index (χ0n) is 15.6. The van der Waals surface area contributed by atoms with E-state index in [1.165, 1.54) is 0 Å². The predicted octanol–water partition coefficient (Wildman–Crippen LogP) is 1.80. The van der Waals surface area contributed by atoms with Crippen LogP contribution >= 0.6 is 0 Å². The molecule has 2 fully saturated rings. The zero-order chi connectivity index (χ0) is 19.7. The maximum absolute atomic E-state index is 11.3. The van der Waals surface area contributed by atoms with Gasteiger partial charge in [-0.3, -0.25) is 19.2 Å². The second-order valence-electron chi connectivity index (χ2n) is 6.18. The molecule has 0 aromatic rings. The number of ether oxygens (including phenoxy) is 3. The van der Waals surface area contributed by atoms with Crippen LogP contribution in [0.5, 0.6) is 0 Å². The lowest BCUT2D eigenvalue weighted by Gasteiger charge is -2.32. The molecule has 26 heavy (non-hydrogen) atoms. The van der Waals surface area contributed by atoms with Crippen molar-refractivity contribution in [1.29, 1.82) is 0 Å². The molecule has 0 amide bonds. The Hall–Kier alpha value is -2.12. The van der Waals surface area contributed by atoms with Crippen molar-refractivity contribution >= 4 is 23.9 Å². The molecule has 0 radical (unpaired) electrons. The summed E-state index contributed by atoms with van der Waals surface area (Å²) in [5, 5.41) is 8.61. The molecule has 0 saturated heterocycles. The molecular weight excluding hydrogens is 344 g/mol. The van der Waals surface area contributed by atoms with E-state index < -0.39 is 17.8 Å². The lowest BCUT2D eigenvalue weighted by atomic mass is 9.74. The third kappa shape index (κ3) is 5.71. The summed E-state index contributed by atoms with van der Waals surface area (Å²) in [6.45, 7) is 6.29. The Labute approximate surface area is 153 Å². The number of hydrogen-bond donors (Lipinski definition) is 1. The van der Waals surface area contributed by atoms with Crippen LogP contribution in [0.3, 0.4) is 0 Å². The lowest BCUT2D eigenvalue weighted by Crippen LogP contribution is -2.40. The average molecular weight is 372 g/mol. The Morgan fingerprint density at radius 1 is 0.654 bits per heavy atom. The molecular formula is C18H28O8. The number of rotatable bonds is 7. The van der Waals surface area contributed by atoms with Crippen LogP contribution in [0.2, 0.25) is 0 Å². The van der Waals surface area contributed by atoms with Gasteiger partial charge in [-0.25, -0.2) is 0 Å². The number of carboxylic acids is 1. The summed E-state index contributed by atoms with van der Waals surface area (Å²) in [5.41, 5.74) is 0. The van der Waals surface area contributed by atoms with E-state index >= 15 is 0 Å². The summed E-state index contributed by atoms with van der Waals surface area (Å²) in [5.74, 6) is -3.24. The fourth-order valence-electron chi connectivity index (χ4n) is 2.89. The minimum Gasteiger partial charge on any atom is -0.481 e. The van der Waals surface area contributed by atoms with Crippen molar-refractivity contribution < 1.29 is 38.5 Å². The van der Waals surface area contributed by atoms with Gasteiger partial charge >= 0.3 is 23.9 Å². The molecule has 2 saturated carbocycles. The molecule has 2 aliphatic rings. The molecule has 8 heteroatoms. The molecule has 2 aliphatic carbocycles. The van der Waals surface area contributed by atoms with Gasteiger partial charge in [-0.05, 0) is 46.5 Å². The highest BCUT2D eigenvalue weighted by atomic mass is 16.5. The van der Waals surface area contributed by atoms with Crippen LogP contribution in [0.1, 0.15) is 46.5 Å². The highest BCUT2D eigenvalue weighted by Gasteiger charge is 2.43. The average Bonchev–Trinajstić information content (AvgIpc) is 2.45. The highest BCUT2D eigenvalue weighted by molar-refractivity contribution is 5.84. The van der Waals surface area contributed by atoms with Crippen LogP contribution in [0, 0.1) is 23.7 Å². The van der Waals surface area contributed by atoms with Crippen LogP contribution in [0.15, 0.2) is 0 Å². The molecule has 2 rings (SSSR count). The number of carboxylic acid groups (broad SMARTS) is 1. The van der Waals surface area contributed by atoms with Crippen LogP contribution < -0.4 is 0 Å². The quantitative estimate of drug-likeness (QED) is 0.531. The van der Waals surface area contributed by atoms with Gasteiger partial charge in [0.15, 0.2) is 0 Å². The molecule has 4 atom stereocenters. The molecule has 8 nitrogen and oxygen atoms in total. The third-order valence-electron chi connectivity index (χ3n) is 4.63. The van der Waals surface area contributed by atoms with Gasteiger partial charge in [0.25, 0.3) is 0 Å². The predicted molar refractivity (Wildman–Crippen MR) is 90.0 cm³/mol. The number of esters is 3. The maximum Gasteiger partial charge on any atom is 0.309 e. The smallest absolute Gasteiger partial charge is 0.309 e. The zero-order valence-corrected chi connectivity index (χ0v) is 15.6. The molecule has 148 valence electrons. The van der Waals surface area contributed by atoms with Gasteiger partial charge in [0.1, 0.15) is 0 Å². The third-order valence-corrected chi connectivity index (χ3v) is 4.63. The fraction of sp³-hybridized carbons (Fsp3) is 0.778. The van der Waals surface area contributed by atoms with Crippen molar-refractivity contribution in [2.24, 2.45) is 23.7 Å². The summed E-state index contributed by atoms with van der Waals surface area (Å²) < 4.78 is 14.4. The summed E-state index contributed by atoms with van der Waals surface area (Å²) in [7, 11) is 0. The van der Waals surface area contributed by atoms with Crippen LogP contribution in [-0.4, -0.2) is 48.8 Å². The lowest BCUT2D eigenvalue weighted by molar-refractivity contribution is -0.166. The maximum atomic E-state index is 11.3. The van der Waals surface area contributed by atoms with Gasteiger partial charge in [0.2, 0.25) is 0 Å². The largest absolute Gasteiger partial charge is 0.481 e.